The molecule has 172 valence electrons. The van der Waals surface area contributed by atoms with Gasteiger partial charge in [-0.05, 0) is 24.1 Å². The van der Waals surface area contributed by atoms with E-state index in [1.54, 1.807) is 11.7 Å². The number of piperazine rings is 1. The van der Waals surface area contributed by atoms with E-state index in [0.29, 0.717) is 24.3 Å². The summed E-state index contributed by atoms with van der Waals surface area (Å²) < 4.78 is 8.66. The molecule has 9 nitrogen and oxygen atoms in total. The second-order valence-electron chi connectivity index (χ2n) is 8.42. The van der Waals surface area contributed by atoms with Gasteiger partial charge in [0.25, 0.3) is 5.56 Å². The zero-order valence-electron chi connectivity index (χ0n) is 19.1. The fourth-order valence-electron chi connectivity index (χ4n) is 4.25. The lowest BCUT2D eigenvalue weighted by Gasteiger charge is -2.34. The number of aryl methyl sites for hydroxylation is 2. The zero-order valence-corrected chi connectivity index (χ0v) is 19.1. The molecule has 3 heterocycles. The van der Waals surface area contributed by atoms with Crippen LogP contribution in [0.5, 0.6) is 5.75 Å². The largest absolute Gasteiger partial charge is 0.497 e. The van der Waals surface area contributed by atoms with E-state index >= 15 is 0 Å². The van der Waals surface area contributed by atoms with E-state index in [9.17, 15) is 9.59 Å². The minimum atomic E-state index is -0.382. The van der Waals surface area contributed by atoms with Crippen LogP contribution in [0.25, 0.3) is 11.2 Å². The molecule has 0 aliphatic carbocycles. The van der Waals surface area contributed by atoms with E-state index in [1.807, 2.05) is 23.7 Å². The Bertz CT molecular complexity index is 1170. The third kappa shape index (κ3) is 4.63. The van der Waals surface area contributed by atoms with Crippen molar-refractivity contribution in [3.05, 3.63) is 56.5 Å². The molecular formula is C23H32N6O3. The van der Waals surface area contributed by atoms with Crippen molar-refractivity contribution in [2.24, 2.45) is 7.05 Å². The van der Waals surface area contributed by atoms with Gasteiger partial charge in [-0.2, -0.15) is 0 Å². The quantitative estimate of drug-likeness (QED) is 0.572. The summed E-state index contributed by atoms with van der Waals surface area (Å²) in [4.78, 5) is 36.7. The number of fused-ring (bicyclic) bond motifs is 1. The topological polar surface area (TPSA) is 88.4 Å². The molecule has 0 unspecified atom stereocenters. The summed E-state index contributed by atoms with van der Waals surface area (Å²) in [6, 6.07) is 8.22. The van der Waals surface area contributed by atoms with Crippen molar-refractivity contribution in [1.82, 2.24) is 28.9 Å². The molecule has 0 amide bonds. The van der Waals surface area contributed by atoms with E-state index < -0.39 is 0 Å². The molecular weight excluding hydrogens is 408 g/mol. The first-order valence-corrected chi connectivity index (χ1v) is 11.3. The van der Waals surface area contributed by atoms with Crippen LogP contribution in [0, 0.1) is 0 Å². The lowest BCUT2D eigenvalue weighted by Crippen LogP contribution is -2.45. The third-order valence-corrected chi connectivity index (χ3v) is 6.24. The number of unbranched alkanes of at least 4 members (excludes halogenated alkanes) is 1. The maximum Gasteiger partial charge on any atom is 0.330 e. The Kier molecular flexibility index (Phi) is 6.76. The SMILES string of the molecule is CCCCn1c(=O)[nH]c(=O)c2c1nc(CN1CCN(Cc3ccc(OC)cc3)CC1)n2C. The van der Waals surface area contributed by atoms with Crippen molar-refractivity contribution in [3.63, 3.8) is 0 Å². The van der Waals surface area contributed by atoms with Crippen LogP contribution >= 0.6 is 0 Å². The second kappa shape index (κ2) is 9.70. The minimum Gasteiger partial charge on any atom is -0.497 e. The average Bonchev–Trinajstić information content (AvgIpc) is 3.11. The number of imidazole rings is 1. The normalized spacial score (nSPS) is 15.5. The van der Waals surface area contributed by atoms with Crippen LogP contribution in [0.3, 0.4) is 0 Å². The Morgan fingerprint density at radius 2 is 1.69 bits per heavy atom. The first kappa shape index (κ1) is 22.3. The van der Waals surface area contributed by atoms with Gasteiger partial charge in [0.1, 0.15) is 11.6 Å². The van der Waals surface area contributed by atoms with Crippen molar-refractivity contribution in [3.8, 4) is 5.75 Å². The average molecular weight is 441 g/mol. The van der Waals surface area contributed by atoms with Gasteiger partial charge in [0, 0.05) is 46.3 Å². The smallest absolute Gasteiger partial charge is 0.330 e. The van der Waals surface area contributed by atoms with E-state index in [2.05, 4.69) is 33.8 Å². The lowest BCUT2D eigenvalue weighted by molar-refractivity contribution is 0.119. The van der Waals surface area contributed by atoms with Crippen molar-refractivity contribution >= 4 is 11.2 Å². The number of methoxy groups -OCH3 is 1. The highest BCUT2D eigenvalue weighted by molar-refractivity contribution is 5.70. The van der Waals surface area contributed by atoms with E-state index in [-0.39, 0.29) is 11.2 Å². The number of benzene rings is 1. The minimum absolute atomic E-state index is 0.372. The van der Waals surface area contributed by atoms with Gasteiger partial charge in [0.2, 0.25) is 0 Å². The van der Waals surface area contributed by atoms with Crippen molar-refractivity contribution in [2.45, 2.75) is 39.4 Å². The summed E-state index contributed by atoms with van der Waals surface area (Å²) in [5.74, 6) is 1.69. The molecule has 2 aromatic heterocycles. The Hall–Kier alpha value is -2.91. The molecule has 1 aliphatic heterocycles. The van der Waals surface area contributed by atoms with Gasteiger partial charge in [-0.3, -0.25) is 24.1 Å². The van der Waals surface area contributed by atoms with Crippen LogP contribution in [0.15, 0.2) is 33.9 Å². The van der Waals surface area contributed by atoms with E-state index in [0.717, 1.165) is 57.1 Å². The fourth-order valence-corrected chi connectivity index (χ4v) is 4.25. The number of hydrogen-bond donors (Lipinski definition) is 1. The number of aromatic amines is 1. The number of H-pyrrole nitrogens is 1. The summed E-state index contributed by atoms with van der Waals surface area (Å²) in [7, 11) is 3.54. The number of hydrogen-bond acceptors (Lipinski definition) is 6. The van der Waals surface area contributed by atoms with Gasteiger partial charge in [-0.1, -0.05) is 25.5 Å². The third-order valence-electron chi connectivity index (χ3n) is 6.24. The van der Waals surface area contributed by atoms with Crippen LogP contribution in [-0.2, 0) is 26.7 Å². The standard InChI is InChI=1S/C23H32N6O3/c1-4-5-10-29-21-20(22(30)25-23(29)31)26(2)19(24-21)16-28-13-11-27(12-14-28)15-17-6-8-18(32-3)9-7-17/h6-9H,4-5,10-16H2,1-3H3,(H,25,30,31). The Morgan fingerprint density at radius 3 is 2.31 bits per heavy atom. The van der Waals surface area contributed by atoms with Gasteiger partial charge in [0.05, 0.1) is 13.7 Å². The Balaban J connectivity index is 1.44. The Morgan fingerprint density at radius 1 is 1.03 bits per heavy atom. The number of aromatic nitrogens is 4. The lowest BCUT2D eigenvalue weighted by atomic mass is 10.2. The Labute approximate surface area is 187 Å². The first-order chi connectivity index (χ1) is 15.5. The molecule has 1 saturated heterocycles. The zero-order chi connectivity index (χ0) is 22.7. The molecule has 0 atom stereocenters. The van der Waals surface area contributed by atoms with E-state index in [4.69, 9.17) is 9.72 Å². The highest BCUT2D eigenvalue weighted by atomic mass is 16.5. The van der Waals surface area contributed by atoms with Crippen LogP contribution in [0.4, 0.5) is 0 Å². The summed E-state index contributed by atoms with van der Waals surface area (Å²) in [5, 5.41) is 0. The maximum atomic E-state index is 12.5. The van der Waals surface area contributed by atoms with Gasteiger partial charge in [0.15, 0.2) is 11.2 Å². The molecule has 1 aliphatic rings. The van der Waals surface area contributed by atoms with Gasteiger partial charge >= 0.3 is 5.69 Å². The number of nitrogens with one attached hydrogen (secondary N) is 1. The predicted molar refractivity (Wildman–Crippen MR) is 124 cm³/mol. The van der Waals surface area contributed by atoms with Crippen LogP contribution in [0.2, 0.25) is 0 Å². The van der Waals surface area contributed by atoms with Gasteiger partial charge in [-0.25, -0.2) is 9.78 Å². The van der Waals surface area contributed by atoms with Crippen LogP contribution in [0.1, 0.15) is 31.2 Å². The molecule has 3 aromatic rings. The molecule has 1 aromatic carbocycles. The molecule has 32 heavy (non-hydrogen) atoms. The van der Waals surface area contributed by atoms with Gasteiger partial charge < -0.3 is 9.30 Å². The molecule has 9 heteroatoms. The summed E-state index contributed by atoms with van der Waals surface area (Å²) in [6.07, 6.45) is 1.83. The van der Waals surface area contributed by atoms with Crippen molar-refractivity contribution < 1.29 is 4.74 Å². The second-order valence-corrected chi connectivity index (χ2v) is 8.42. The number of ether oxygens (including phenoxy) is 1. The number of nitrogens with zero attached hydrogens (tertiary/aromatic N) is 5. The summed E-state index contributed by atoms with van der Waals surface area (Å²) >= 11 is 0. The highest BCUT2D eigenvalue weighted by Crippen LogP contribution is 2.16. The molecule has 1 fully saturated rings. The van der Waals surface area contributed by atoms with Crippen LogP contribution in [-0.4, -0.2) is 62.2 Å². The van der Waals surface area contributed by atoms with Crippen molar-refractivity contribution in [2.75, 3.05) is 33.3 Å². The molecule has 0 radical (unpaired) electrons. The highest BCUT2D eigenvalue weighted by Gasteiger charge is 2.21. The van der Waals surface area contributed by atoms with Gasteiger partial charge in [-0.15, -0.1) is 0 Å². The van der Waals surface area contributed by atoms with Crippen LogP contribution < -0.4 is 16.0 Å². The predicted octanol–water partition coefficient (Wildman–Crippen LogP) is 1.55. The molecule has 1 N–H and O–H groups in total. The molecule has 0 bridgehead atoms. The number of rotatable bonds is 8. The van der Waals surface area contributed by atoms with E-state index in [1.165, 1.54) is 5.56 Å². The fraction of sp³-hybridized carbons (Fsp3) is 0.522. The first-order valence-electron chi connectivity index (χ1n) is 11.3. The maximum absolute atomic E-state index is 12.5. The summed E-state index contributed by atoms with van der Waals surface area (Å²) in [6.45, 7) is 8.01. The molecule has 4 rings (SSSR count). The molecule has 0 spiro atoms. The monoisotopic (exact) mass is 440 g/mol. The van der Waals surface area contributed by atoms with Crippen molar-refractivity contribution in [1.29, 1.82) is 0 Å². The molecule has 0 saturated carbocycles. The summed E-state index contributed by atoms with van der Waals surface area (Å²) in [5.41, 5.74) is 1.48.